The minimum Gasteiger partial charge on any atom is -0.382 e. The van der Waals surface area contributed by atoms with E-state index < -0.39 is 0 Å². The fourth-order valence-electron chi connectivity index (χ4n) is 3.51. The number of hydrogen-bond donors (Lipinski definition) is 1. The molecule has 2 aliphatic rings. The van der Waals surface area contributed by atoms with Crippen molar-refractivity contribution in [3.63, 3.8) is 0 Å². The largest absolute Gasteiger partial charge is 0.382 e. The summed E-state index contributed by atoms with van der Waals surface area (Å²) in [6, 6.07) is 7.50. The molecule has 1 aromatic rings. The number of morpholine rings is 1. The van der Waals surface area contributed by atoms with Gasteiger partial charge in [0.05, 0.1) is 12.2 Å². The van der Waals surface area contributed by atoms with Gasteiger partial charge in [-0.25, -0.2) is 0 Å². The van der Waals surface area contributed by atoms with Gasteiger partial charge in [0.1, 0.15) is 0 Å². The lowest BCUT2D eigenvalue weighted by molar-refractivity contribution is -0.0675. The van der Waals surface area contributed by atoms with Crippen LogP contribution in [0.4, 0.5) is 5.69 Å². The van der Waals surface area contributed by atoms with Crippen LogP contribution in [0.3, 0.4) is 0 Å². The van der Waals surface area contributed by atoms with Crippen molar-refractivity contribution in [2.75, 3.05) is 25.0 Å². The van der Waals surface area contributed by atoms with Crippen LogP contribution in [0.2, 0.25) is 0 Å². The Bertz CT molecular complexity index is 464. The number of fused-ring (bicyclic) bond motifs is 1. The van der Waals surface area contributed by atoms with E-state index in [2.05, 4.69) is 49.2 Å². The van der Waals surface area contributed by atoms with Crippen molar-refractivity contribution in [2.24, 2.45) is 0 Å². The van der Waals surface area contributed by atoms with Gasteiger partial charge in [-0.15, -0.1) is 0 Å². The summed E-state index contributed by atoms with van der Waals surface area (Å²) in [5, 5.41) is 3.51. The molecule has 3 rings (SSSR count). The van der Waals surface area contributed by atoms with E-state index in [0.717, 1.165) is 32.5 Å². The number of benzene rings is 1. The topological polar surface area (TPSA) is 24.5 Å². The Morgan fingerprint density at radius 3 is 2.70 bits per heavy atom. The smallest absolute Gasteiger partial charge is 0.0678 e. The van der Waals surface area contributed by atoms with Gasteiger partial charge in [-0.1, -0.05) is 12.1 Å². The fourth-order valence-corrected chi connectivity index (χ4v) is 3.51. The maximum Gasteiger partial charge on any atom is 0.0678 e. The van der Waals surface area contributed by atoms with Crippen molar-refractivity contribution in [3.8, 4) is 0 Å². The Hall–Kier alpha value is -1.06. The molecule has 3 heteroatoms. The zero-order valence-corrected chi connectivity index (χ0v) is 12.9. The first-order valence-corrected chi connectivity index (χ1v) is 7.86. The highest BCUT2D eigenvalue weighted by molar-refractivity contribution is 5.57. The third kappa shape index (κ3) is 3.15. The first-order valence-electron chi connectivity index (χ1n) is 7.86. The molecule has 1 N–H and O–H groups in total. The molecule has 3 nitrogen and oxygen atoms in total. The van der Waals surface area contributed by atoms with E-state index in [4.69, 9.17) is 4.74 Å². The van der Waals surface area contributed by atoms with E-state index in [1.165, 1.54) is 16.8 Å². The molecule has 0 bridgehead atoms. The number of ether oxygens (including phenoxy) is 1. The molecule has 0 aliphatic carbocycles. The Morgan fingerprint density at radius 1 is 1.20 bits per heavy atom. The van der Waals surface area contributed by atoms with E-state index >= 15 is 0 Å². The zero-order valence-electron chi connectivity index (χ0n) is 12.9. The van der Waals surface area contributed by atoms with Gasteiger partial charge in [-0.3, -0.25) is 4.90 Å². The SMILES string of the molecule is CC1Cc2cc(CCN3CC(C)OC(C)C3)ccc2N1. The summed E-state index contributed by atoms with van der Waals surface area (Å²) in [7, 11) is 0. The summed E-state index contributed by atoms with van der Waals surface area (Å²) in [5.41, 5.74) is 4.28. The van der Waals surface area contributed by atoms with Crippen LogP contribution in [-0.2, 0) is 17.6 Å². The first-order chi connectivity index (χ1) is 9.60. The summed E-state index contributed by atoms with van der Waals surface area (Å²) < 4.78 is 5.79. The molecular weight excluding hydrogens is 248 g/mol. The molecule has 20 heavy (non-hydrogen) atoms. The Balaban J connectivity index is 1.58. The number of nitrogens with one attached hydrogen (secondary N) is 1. The van der Waals surface area contributed by atoms with E-state index in [-0.39, 0.29) is 0 Å². The van der Waals surface area contributed by atoms with E-state index in [1.807, 2.05) is 0 Å². The molecule has 1 fully saturated rings. The summed E-state index contributed by atoms with van der Waals surface area (Å²) >= 11 is 0. The molecule has 0 saturated carbocycles. The maximum absolute atomic E-state index is 5.79. The van der Waals surface area contributed by atoms with Gasteiger partial charge < -0.3 is 10.1 Å². The Kier molecular flexibility index (Phi) is 3.99. The molecule has 2 heterocycles. The van der Waals surface area contributed by atoms with Crippen LogP contribution in [0.5, 0.6) is 0 Å². The number of anilines is 1. The van der Waals surface area contributed by atoms with E-state index in [1.54, 1.807) is 0 Å². The van der Waals surface area contributed by atoms with Gasteiger partial charge in [-0.05, 0) is 50.8 Å². The molecular formula is C17H26N2O. The second-order valence-electron chi connectivity index (χ2n) is 6.51. The quantitative estimate of drug-likeness (QED) is 0.917. The molecule has 1 saturated heterocycles. The monoisotopic (exact) mass is 274 g/mol. The van der Waals surface area contributed by atoms with Crippen molar-refractivity contribution in [2.45, 2.75) is 51.9 Å². The third-order valence-electron chi connectivity index (χ3n) is 4.31. The molecule has 0 amide bonds. The van der Waals surface area contributed by atoms with Crippen molar-refractivity contribution in [3.05, 3.63) is 29.3 Å². The highest BCUT2D eigenvalue weighted by atomic mass is 16.5. The molecule has 3 atom stereocenters. The second kappa shape index (κ2) is 5.74. The number of rotatable bonds is 3. The molecule has 110 valence electrons. The van der Waals surface area contributed by atoms with Gasteiger partial charge in [0.15, 0.2) is 0 Å². The summed E-state index contributed by atoms with van der Waals surface area (Å²) in [5.74, 6) is 0. The van der Waals surface area contributed by atoms with Crippen molar-refractivity contribution < 1.29 is 4.74 Å². The lowest BCUT2D eigenvalue weighted by Crippen LogP contribution is -2.46. The number of nitrogens with zero attached hydrogens (tertiary/aromatic N) is 1. The zero-order chi connectivity index (χ0) is 14.1. The van der Waals surface area contributed by atoms with Crippen LogP contribution in [0.1, 0.15) is 31.9 Å². The van der Waals surface area contributed by atoms with Gasteiger partial charge in [0.25, 0.3) is 0 Å². The van der Waals surface area contributed by atoms with Crippen molar-refractivity contribution in [1.29, 1.82) is 0 Å². The van der Waals surface area contributed by atoms with E-state index in [9.17, 15) is 0 Å². The first kappa shape index (κ1) is 13.9. The van der Waals surface area contributed by atoms with Crippen LogP contribution in [-0.4, -0.2) is 42.8 Å². The van der Waals surface area contributed by atoms with Crippen molar-refractivity contribution >= 4 is 5.69 Å². The van der Waals surface area contributed by atoms with E-state index in [0.29, 0.717) is 18.2 Å². The molecule has 1 aromatic carbocycles. The van der Waals surface area contributed by atoms with Gasteiger partial charge >= 0.3 is 0 Å². The minimum absolute atomic E-state index is 0.365. The molecule has 0 radical (unpaired) electrons. The van der Waals surface area contributed by atoms with Crippen LogP contribution >= 0.6 is 0 Å². The number of hydrogen-bond acceptors (Lipinski definition) is 3. The maximum atomic E-state index is 5.79. The average molecular weight is 274 g/mol. The lowest BCUT2D eigenvalue weighted by Gasteiger charge is -2.35. The minimum atomic E-state index is 0.365. The highest BCUT2D eigenvalue weighted by Crippen LogP contribution is 2.26. The summed E-state index contributed by atoms with van der Waals surface area (Å²) in [4.78, 5) is 2.53. The van der Waals surface area contributed by atoms with Crippen LogP contribution < -0.4 is 5.32 Å². The molecule has 3 unspecified atom stereocenters. The molecule has 2 aliphatic heterocycles. The summed E-state index contributed by atoms with van der Waals surface area (Å²) in [6.45, 7) is 9.86. The van der Waals surface area contributed by atoms with Crippen LogP contribution in [0, 0.1) is 0 Å². The lowest BCUT2D eigenvalue weighted by atomic mass is 10.0. The Labute approximate surface area is 122 Å². The predicted octanol–water partition coefficient (Wildman–Crippen LogP) is 2.69. The fraction of sp³-hybridized carbons (Fsp3) is 0.647. The second-order valence-corrected chi connectivity index (χ2v) is 6.51. The van der Waals surface area contributed by atoms with Gasteiger partial charge in [0.2, 0.25) is 0 Å². The third-order valence-corrected chi connectivity index (χ3v) is 4.31. The Morgan fingerprint density at radius 2 is 1.95 bits per heavy atom. The molecule has 0 aromatic heterocycles. The summed E-state index contributed by atoms with van der Waals surface area (Å²) in [6.07, 6.45) is 3.03. The van der Waals surface area contributed by atoms with Crippen LogP contribution in [0.15, 0.2) is 18.2 Å². The predicted molar refractivity (Wildman–Crippen MR) is 83.4 cm³/mol. The normalized spacial score (nSPS) is 30.1. The standard InChI is InChI=1S/C17H26N2O/c1-12-8-16-9-15(4-5-17(16)18-12)6-7-19-10-13(2)20-14(3)11-19/h4-5,9,12-14,18H,6-8,10-11H2,1-3H3. The molecule has 0 spiro atoms. The highest BCUT2D eigenvalue weighted by Gasteiger charge is 2.22. The van der Waals surface area contributed by atoms with Crippen molar-refractivity contribution in [1.82, 2.24) is 4.90 Å². The van der Waals surface area contributed by atoms with Crippen LogP contribution in [0.25, 0.3) is 0 Å². The van der Waals surface area contributed by atoms with Gasteiger partial charge in [0, 0.05) is 31.4 Å². The van der Waals surface area contributed by atoms with Gasteiger partial charge in [-0.2, -0.15) is 0 Å². The average Bonchev–Trinajstić information content (AvgIpc) is 2.74.